The fraction of sp³-hybridized carbons (Fsp3) is 0.515. The van der Waals surface area contributed by atoms with Crippen molar-refractivity contribution in [1.29, 1.82) is 0 Å². The number of nitrogens with one attached hydrogen (secondary N) is 2. The van der Waals surface area contributed by atoms with Crippen LogP contribution in [0.5, 0.6) is 0 Å². The first-order valence-corrected chi connectivity index (χ1v) is 15.1. The predicted octanol–water partition coefficient (Wildman–Crippen LogP) is 3.89. The molecular formula is C33H45N3O6. The quantitative estimate of drug-likeness (QED) is 0.192. The standard InChI is InChI=1S/C33H45N3O6/c1-3-4-21-42-33(41)28(20-19-25-13-7-5-8-14-25)34-24(2)31(38)36(27-17-11-12-18-27)23-30(37)35-29(32(39)40)22-26-15-9-6-10-16-26/h5-10,13-16,24,27-29,34H,3-4,11-12,17-23H2,1-2H3,(H,35,37)(H,39,40)/t24-,28-,29-/m0/s1. The van der Waals surface area contributed by atoms with E-state index in [2.05, 4.69) is 10.6 Å². The first-order chi connectivity index (χ1) is 20.3. The van der Waals surface area contributed by atoms with E-state index in [1.165, 1.54) is 0 Å². The molecule has 2 aromatic carbocycles. The van der Waals surface area contributed by atoms with Gasteiger partial charge >= 0.3 is 11.9 Å². The first kappa shape index (κ1) is 32.8. The number of benzene rings is 2. The maximum absolute atomic E-state index is 13.8. The summed E-state index contributed by atoms with van der Waals surface area (Å²) in [6.45, 7) is 3.80. The zero-order chi connectivity index (χ0) is 30.3. The molecule has 3 atom stereocenters. The highest BCUT2D eigenvalue weighted by Crippen LogP contribution is 2.24. The number of carboxylic acids is 1. The Labute approximate surface area is 249 Å². The van der Waals surface area contributed by atoms with Gasteiger partial charge in [-0.05, 0) is 50.2 Å². The maximum Gasteiger partial charge on any atom is 0.326 e. The van der Waals surface area contributed by atoms with Crippen molar-refractivity contribution in [2.75, 3.05) is 13.2 Å². The van der Waals surface area contributed by atoms with Crippen molar-refractivity contribution in [2.45, 2.75) is 95.8 Å². The maximum atomic E-state index is 13.8. The minimum atomic E-state index is -1.14. The van der Waals surface area contributed by atoms with Crippen LogP contribution in [0.4, 0.5) is 0 Å². The predicted molar refractivity (Wildman–Crippen MR) is 161 cm³/mol. The summed E-state index contributed by atoms with van der Waals surface area (Å²) in [6.07, 6.45) is 6.34. The molecule has 9 heteroatoms. The summed E-state index contributed by atoms with van der Waals surface area (Å²) in [6, 6.07) is 16.2. The second-order valence-corrected chi connectivity index (χ2v) is 11.0. The lowest BCUT2D eigenvalue weighted by molar-refractivity contribution is -0.147. The first-order valence-electron chi connectivity index (χ1n) is 15.1. The molecule has 0 bridgehead atoms. The fourth-order valence-corrected chi connectivity index (χ4v) is 5.31. The van der Waals surface area contributed by atoms with Crippen molar-refractivity contribution in [3.8, 4) is 0 Å². The molecule has 1 fully saturated rings. The Morgan fingerprint density at radius 1 is 0.952 bits per heavy atom. The average Bonchev–Trinajstić information content (AvgIpc) is 3.53. The van der Waals surface area contributed by atoms with Crippen LogP contribution >= 0.6 is 0 Å². The molecule has 3 N–H and O–H groups in total. The highest BCUT2D eigenvalue weighted by molar-refractivity contribution is 5.90. The summed E-state index contributed by atoms with van der Waals surface area (Å²) >= 11 is 0. The second-order valence-electron chi connectivity index (χ2n) is 11.0. The van der Waals surface area contributed by atoms with Gasteiger partial charge in [-0.15, -0.1) is 0 Å². The van der Waals surface area contributed by atoms with E-state index in [9.17, 15) is 24.3 Å². The fourth-order valence-electron chi connectivity index (χ4n) is 5.31. The van der Waals surface area contributed by atoms with Crippen LogP contribution in [0.1, 0.15) is 69.9 Å². The summed E-state index contributed by atoms with van der Waals surface area (Å²) in [5.41, 5.74) is 1.87. The molecule has 0 spiro atoms. The van der Waals surface area contributed by atoms with Gasteiger partial charge in [0.15, 0.2) is 0 Å². The third-order valence-corrected chi connectivity index (χ3v) is 7.69. The summed E-state index contributed by atoms with van der Waals surface area (Å²) in [7, 11) is 0. The minimum Gasteiger partial charge on any atom is -0.480 e. The molecule has 0 unspecified atom stereocenters. The third kappa shape index (κ3) is 10.6. The normalized spacial score (nSPS) is 15.4. The van der Waals surface area contributed by atoms with Gasteiger partial charge < -0.3 is 20.1 Å². The Morgan fingerprint density at radius 2 is 1.57 bits per heavy atom. The number of aryl methyl sites for hydroxylation is 1. The van der Waals surface area contributed by atoms with Gasteiger partial charge in [0.2, 0.25) is 11.8 Å². The molecule has 0 heterocycles. The van der Waals surface area contributed by atoms with Crippen molar-refractivity contribution < 1.29 is 29.0 Å². The monoisotopic (exact) mass is 579 g/mol. The number of rotatable bonds is 17. The third-order valence-electron chi connectivity index (χ3n) is 7.69. The molecule has 42 heavy (non-hydrogen) atoms. The van der Waals surface area contributed by atoms with E-state index in [0.717, 1.165) is 49.7 Å². The van der Waals surface area contributed by atoms with E-state index in [-0.39, 0.29) is 24.9 Å². The van der Waals surface area contributed by atoms with Gasteiger partial charge in [0.05, 0.1) is 19.2 Å². The van der Waals surface area contributed by atoms with Gasteiger partial charge in [0.25, 0.3) is 0 Å². The summed E-state index contributed by atoms with van der Waals surface area (Å²) in [5, 5.41) is 15.5. The number of amides is 2. The van der Waals surface area contributed by atoms with Gasteiger partial charge in [-0.3, -0.25) is 19.7 Å². The molecule has 228 valence electrons. The van der Waals surface area contributed by atoms with Crippen LogP contribution < -0.4 is 10.6 Å². The van der Waals surface area contributed by atoms with Crippen LogP contribution in [0.25, 0.3) is 0 Å². The van der Waals surface area contributed by atoms with Gasteiger partial charge in [-0.2, -0.15) is 0 Å². The largest absolute Gasteiger partial charge is 0.480 e. The van der Waals surface area contributed by atoms with Crippen LogP contribution in [0.2, 0.25) is 0 Å². The number of hydrogen-bond acceptors (Lipinski definition) is 6. The Morgan fingerprint density at radius 3 is 2.17 bits per heavy atom. The van der Waals surface area contributed by atoms with E-state index < -0.39 is 36.0 Å². The molecule has 1 aliphatic carbocycles. The SMILES string of the molecule is CCCCOC(=O)[C@H](CCc1ccccc1)N[C@@H](C)C(=O)N(CC(=O)N[C@@H](Cc1ccccc1)C(=O)O)C1CCCC1. The van der Waals surface area contributed by atoms with E-state index in [1.54, 1.807) is 11.8 Å². The highest BCUT2D eigenvalue weighted by atomic mass is 16.5. The molecule has 0 aromatic heterocycles. The lowest BCUT2D eigenvalue weighted by atomic mass is 10.0. The van der Waals surface area contributed by atoms with Crippen molar-refractivity contribution >= 4 is 23.8 Å². The molecule has 2 aromatic rings. The van der Waals surface area contributed by atoms with Crippen LogP contribution in [-0.2, 0) is 36.8 Å². The Kier molecular flexibility index (Phi) is 13.5. The molecular weight excluding hydrogens is 534 g/mol. The number of unbranched alkanes of at least 4 members (excludes halogenated alkanes) is 1. The number of carbonyl (C=O) groups is 4. The van der Waals surface area contributed by atoms with Crippen LogP contribution in [0.3, 0.4) is 0 Å². The zero-order valence-electron chi connectivity index (χ0n) is 24.8. The molecule has 9 nitrogen and oxygen atoms in total. The summed E-state index contributed by atoms with van der Waals surface area (Å²) in [5.74, 6) is -2.35. The van der Waals surface area contributed by atoms with Gasteiger partial charge in [0.1, 0.15) is 12.1 Å². The van der Waals surface area contributed by atoms with E-state index in [1.807, 2.05) is 67.6 Å². The second kappa shape index (κ2) is 17.3. The number of esters is 1. The highest BCUT2D eigenvalue weighted by Gasteiger charge is 2.34. The number of hydrogen-bond donors (Lipinski definition) is 3. The van der Waals surface area contributed by atoms with Crippen LogP contribution in [-0.4, -0.2) is 71.1 Å². The number of aliphatic carboxylic acids is 1. The minimum absolute atomic E-state index is 0.121. The van der Waals surface area contributed by atoms with E-state index in [4.69, 9.17) is 4.74 Å². The Hall–Kier alpha value is -3.72. The number of nitrogens with zero attached hydrogens (tertiary/aromatic N) is 1. The smallest absolute Gasteiger partial charge is 0.326 e. The molecule has 3 rings (SSSR count). The van der Waals surface area contributed by atoms with E-state index >= 15 is 0 Å². The Bertz CT molecular complexity index is 1140. The van der Waals surface area contributed by atoms with Crippen LogP contribution in [0.15, 0.2) is 60.7 Å². The molecule has 0 aliphatic heterocycles. The van der Waals surface area contributed by atoms with Crippen molar-refractivity contribution in [3.63, 3.8) is 0 Å². The number of carboxylic acid groups (broad SMARTS) is 1. The number of carbonyl (C=O) groups excluding carboxylic acids is 3. The topological polar surface area (TPSA) is 125 Å². The van der Waals surface area contributed by atoms with E-state index in [0.29, 0.717) is 19.4 Å². The lowest BCUT2D eigenvalue weighted by Crippen LogP contribution is -2.56. The molecule has 2 amide bonds. The zero-order valence-corrected chi connectivity index (χ0v) is 24.8. The molecule has 1 aliphatic rings. The summed E-state index contributed by atoms with van der Waals surface area (Å²) in [4.78, 5) is 53.4. The van der Waals surface area contributed by atoms with Gasteiger partial charge in [-0.25, -0.2) is 4.79 Å². The van der Waals surface area contributed by atoms with Gasteiger partial charge in [-0.1, -0.05) is 86.8 Å². The van der Waals surface area contributed by atoms with Gasteiger partial charge in [0, 0.05) is 12.5 Å². The van der Waals surface area contributed by atoms with Crippen LogP contribution in [0, 0.1) is 0 Å². The molecule has 1 saturated carbocycles. The van der Waals surface area contributed by atoms with Crippen molar-refractivity contribution in [2.24, 2.45) is 0 Å². The average molecular weight is 580 g/mol. The van der Waals surface area contributed by atoms with Crippen molar-refractivity contribution in [3.05, 3.63) is 71.8 Å². The lowest BCUT2D eigenvalue weighted by Gasteiger charge is -2.32. The summed E-state index contributed by atoms with van der Waals surface area (Å²) < 4.78 is 5.51. The molecule has 0 radical (unpaired) electrons. The van der Waals surface area contributed by atoms with Crippen molar-refractivity contribution in [1.82, 2.24) is 15.5 Å². The number of ether oxygens (including phenoxy) is 1. The molecule has 0 saturated heterocycles. The Balaban J connectivity index is 1.68.